The highest BCUT2D eigenvalue weighted by molar-refractivity contribution is 5.78. The van der Waals surface area contributed by atoms with E-state index in [4.69, 9.17) is 0 Å². The highest BCUT2D eigenvalue weighted by atomic mass is 16.2. The minimum absolute atomic E-state index is 0.289. The predicted molar refractivity (Wildman–Crippen MR) is 115 cm³/mol. The molecule has 0 radical (unpaired) electrons. The smallest absolute Gasteiger partial charge is 0.236 e. The number of carbonyl (C=O) groups is 2. The summed E-state index contributed by atoms with van der Waals surface area (Å²) in [4.78, 5) is 32.9. The van der Waals surface area contributed by atoms with Crippen molar-refractivity contribution in [3.05, 3.63) is 29.8 Å². The van der Waals surface area contributed by atoms with Crippen LogP contribution in [0.2, 0.25) is 0 Å². The van der Waals surface area contributed by atoms with Gasteiger partial charge in [0.25, 0.3) is 0 Å². The number of amides is 1. The zero-order chi connectivity index (χ0) is 20.2. The summed E-state index contributed by atoms with van der Waals surface area (Å²) < 4.78 is 0. The highest BCUT2D eigenvalue weighted by Gasteiger charge is 2.31. The molecule has 0 unspecified atom stereocenters. The Kier molecular flexibility index (Phi) is 6.50. The van der Waals surface area contributed by atoms with Gasteiger partial charge in [-0.15, -0.1) is 0 Å². The van der Waals surface area contributed by atoms with Gasteiger partial charge in [0.1, 0.15) is 6.29 Å². The molecule has 1 atom stereocenters. The summed E-state index contributed by atoms with van der Waals surface area (Å²) in [6, 6.07) is 9.41. The van der Waals surface area contributed by atoms with Crippen molar-refractivity contribution < 1.29 is 9.59 Å². The van der Waals surface area contributed by atoms with Crippen LogP contribution in [0.5, 0.6) is 0 Å². The molecule has 0 spiro atoms. The van der Waals surface area contributed by atoms with Crippen LogP contribution in [0.15, 0.2) is 24.3 Å². The van der Waals surface area contributed by atoms with E-state index in [1.54, 1.807) is 0 Å². The molecule has 1 aromatic carbocycles. The topological polar surface area (TPSA) is 47.1 Å². The van der Waals surface area contributed by atoms with Gasteiger partial charge in [-0.05, 0) is 37.5 Å². The van der Waals surface area contributed by atoms with Gasteiger partial charge in [-0.2, -0.15) is 0 Å². The number of nitrogens with zero attached hydrogens (tertiary/aromatic N) is 4. The average molecular weight is 399 g/mol. The minimum Gasteiger partial charge on any atom is -0.369 e. The van der Waals surface area contributed by atoms with Gasteiger partial charge in [0, 0.05) is 70.0 Å². The fraction of sp³-hybridized carbons (Fsp3) is 0.652. The first-order valence-electron chi connectivity index (χ1n) is 11.2. The van der Waals surface area contributed by atoms with E-state index in [2.05, 4.69) is 38.7 Å². The third-order valence-corrected chi connectivity index (χ3v) is 6.98. The van der Waals surface area contributed by atoms with Crippen molar-refractivity contribution in [1.29, 1.82) is 0 Å². The van der Waals surface area contributed by atoms with Crippen molar-refractivity contribution in [2.24, 2.45) is 0 Å². The molecule has 4 rings (SSSR count). The number of benzene rings is 1. The van der Waals surface area contributed by atoms with E-state index >= 15 is 0 Å². The number of rotatable bonds is 6. The molecule has 1 aromatic rings. The SMILES string of the molecule is C[C@@H]1CN(c2ccc(CC=O)cc2)CCN1CC(=O)N1CCN(C2CCC2)CC1. The van der Waals surface area contributed by atoms with Crippen LogP contribution in [0.25, 0.3) is 0 Å². The molecule has 3 fully saturated rings. The number of hydrogen-bond donors (Lipinski definition) is 0. The van der Waals surface area contributed by atoms with Crippen LogP contribution in [-0.4, -0.2) is 91.3 Å². The Morgan fingerprint density at radius 3 is 2.34 bits per heavy atom. The molecular formula is C23H34N4O2. The molecule has 3 aliphatic rings. The first kappa shape index (κ1) is 20.4. The molecule has 6 heteroatoms. The maximum Gasteiger partial charge on any atom is 0.236 e. The van der Waals surface area contributed by atoms with Gasteiger partial charge in [-0.1, -0.05) is 18.6 Å². The third kappa shape index (κ3) is 4.81. The molecule has 0 aromatic heterocycles. The van der Waals surface area contributed by atoms with E-state index in [1.807, 2.05) is 12.1 Å². The van der Waals surface area contributed by atoms with Crippen molar-refractivity contribution in [2.75, 3.05) is 57.3 Å². The van der Waals surface area contributed by atoms with Crippen molar-refractivity contribution in [2.45, 2.75) is 44.7 Å². The minimum atomic E-state index is 0.289. The number of aldehydes is 1. The number of piperazine rings is 2. The van der Waals surface area contributed by atoms with Crippen LogP contribution < -0.4 is 4.90 Å². The average Bonchev–Trinajstić information content (AvgIpc) is 2.69. The fourth-order valence-corrected chi connectivity index (χ4v) is 4.77. The lowest BCUT2D eigenvalue weighted by Gasteiger charge is -2.44. The molecule has 0 bridgehead atoms. The lowest BCUT2D eigenvalue weighted by molar-refractivity contribution is -0.135. The third-order valence-electron chi connectivity index (χ3n) is 6.98. The molecule has 6 nitrogen and oxygen atoms in total. The molecule has 2 saturated heterocycles. The second-order valence-electron chi connectivity index (χ2n) is 8.80. The van der Waals surface area contributed by atoms with Crippen LogP contribution in [0.3, 0.4) is 0 Å². The summed E-state index contributed by atoms with van der Waals surface area (Å²) >= 11 is 0. The molecule has 158 valence electrons. The van der Waals surface area contributed by atoms with Crippen molar-refractivity contribution in [3.63, 3.8) is 0 Å². The van der Waals surface area contributed by atoms with E-state index in [1.165, 1.54) is 24.9 Å². The first-order valence-corrected chi connectivity index (χ1v) is 11.2. The molecule has 2 heterocycles. The summed E-state index contributed by atoms with van der Waals surface area (Å²) in [6.07, 6.45) is 5.48. The Morgan fingerprint density at radius 1 is 1.03 bits per heavy atom. The fourth-order valence-electron chi connectivity index (χ4n) is 4.77. The van der Waals surface area contributed by atoms with E-state index in [9.17, 15) is 9.59 Å². The molecular weight excluding hydrogens is 364 g/mol. The van der Waals surface area contributed by atoms with Gasteiger partial charge in [0.05, 0.1) is 6.54 Å². The van der Waals surface area contributed by atoms with E-state index < -0.39 is 0 Å². The summed E-state index contributed by atoms with van der Waals surface area (Å²) in [6.45, 7) is 9.37. The van der Waals surface area contributed by atoms with Crippen LogP contribution in [0.1, 0.15) is 31.7 Å². The highest BCUT2D eigenvalue weighted by Crippen LogP contribution is 2.25. The quantitative estimate of drug-likeness (QED) is 0.682. The molecule has 1 amide bonds. The monoisotopic (exact) mass is 398 g/mol. The normalized spacial score (nSPS) is 24.4. The van der Waals surface area contributed by atoms with Gasteiger partial charge in [-0.3, -0.25) is 14.6 Å². The van der Waals surface area contributed by atoms with Gasteiger partial charge in [-0.25, -0.2) is 0 Å². The molecule has 29 heavy (non-hydrogen) atoms. The summed E-state index contributed by atoms with van der Waals surface area (Å²) in [5.41, 5.74) is 2.25. The van der Waals surface area contributed by atoms with Crippen molar-refractivity contribution in [1.82, 2.24) is 14.7 Å². The summed E-state index contributed by atoms with van der Waals surface area (Å²) in [7, 11) is 0. The zero-order valence-corrected chi connectivity index (χ0v) is 17.6. The Hall–Kier alpha value is -1.92. The largest absolute Gasteiger partial charge is 0.369 e. The van der Waals surface area contributed by atoms with E-state index in [-0.39, 0.29) is 5.91 Å². The standard InChI is InChI=1S/C23H34N4O2/c1-19-17-27(22-7-5-20(6-8-22)9-16-28)15-14-26(19)18-23(29)25-12-10-24(11-13-25)21-3-2-4-21/h5-8,16,19,21H,2-4,9-15,17-18H2,1H3/t19-/m1/s1. The van der Waals surface area contributed by atoms with Crippen LogP contribution in [0.4, 0.5) is 5.69 Å². The second-order valence-corrected chi connectivity index (χ2v) is 8.80. The van der Waals surface area contributed by atoms with Crippen molar-refractivity contribution >= 4 is 17.9 Å². The van der Waals surface area contributed by atoms with Crippen LogP contribution >= 0.6 is 0 Å². The first-order chi connectivity index (χ1) is 14.1. The summed E-state index contributed by atoms with van der Waals surface area (Å²) in [5.74, 6) is 0.289. The molecule has 1 aliphatic carbocycles. The van der Waals surface area contributed by atoms with Gasteiger partial charge >= 0.3 is 0 Å². The Labute approximate surface area is 174 Å². The zero-order valence-electron chi connectivity index (χ0n) is 17.6. The predicted octanol–water partition coefficient (Wildman–Crippen LogP) is 1.64. The van der Waals surface area contributed by atoms with Gasteiger partial charge in [0.2, 0.25) is 5.91 Å². The van der Waals surface area contributed by atoms with Crippen LogP contribution in [-0.2, 0) is 16.0 Å². The lowest BCUT2D eigenvalue weighted by Crippen LogP contribution is -2.57. The van der Waals surface area contributed by atoms with E-state index in [0.29, 0.717) is 19.0 Å². The number of carbonyl (C=O) groups excluding carboxylic acids is 2. The Morgan fingerprint density at radius 2 is 1.76 bits per heavy atom. The molecule has 0 N–H and O–H groups in total. The van der Waals surface area contributed by atoms with Gasteiger partial charge < -0.3 is 14.6 Å². The van der Waals surface area contributed by atoms with Crippen LogP contribution in [0, 0.1) is 0 Å². The second kappa shape index (κ2) is 9.26. The molecule has 2 aliphatic heterocycles. The van der Waals surface area contributed by atoms with Crippen molar-refractivity contribution in [3.8, 4) is 0 Å². The van der Waals surface area contributed by atoms with E-state index in [0.717, 1.165) is 63.7 Å². The lowest BCUT2D eigenvalue weighted by atomic mass is 9.91. The van der Waals surface area contributed by atoms with Gasteiger partial charge in [0.15, 0.2) is 0 Å². The molecule has 1 saturated carbocycles. The maximum absolute atomic E-state index is 12.8. The Bertz CT molecular complexity index is 695. The number of anilines is 1. The maximum atomic E-state index is 12.8. The Balaban J connectivity index is 1.24. The number of hydrogen-bond acceptors (Lipinski definition) is 5. The summed E-state index contributed by atoms with van der Waals surface area (Å²) in [5, 5.41) is 0.